The number of carboxylic acids is 1. The molecule has 1 amide bonds. The summed E-state index contributed by atoms with van der Waals surface area (Å²) < 4.78 is 38.8. The Morgan fingerprint density at radius 2 is 1.96 bits per heavy atom. The van der Waals surface area contributed by atoms with E-state index in [0.29, 0.717) is 23.4 Å². The van der Waals surface area contributed by atoms with Crippen molar-refractivity contribution in [2.24, 2.45) is 0 Å². The minimum Gasteiger partial charge on any atom is -0.478 e. The van der Waals surface area contributed by atoms with E-state index in [2.05, 4.69) is 10.4 Å². The largest absolute Gasteiger partial charge is 0.478 e. The molecule has 2 rings (SSSR count). The second-order valence-corrected chi connectivity index (χ2v) is 6.63. The maximum atomic E-state index is 12.7. The smallest absolute Gasteiger partial charge is 0.408 e. The molecule has 0 radical (unpaired) electrons. The average Bonchev–Trinajstić information content (AvgIpc) is 2.86. The van der Waals surface area contributed by atoms with Crippen molar-refractivity contribution >= 4 is 11.9 Å². The van der Waals surface area contributed by atoms with Crippen molar-refractivity contribution in [3.63, 3.8) is 0 Å². The second-order valence-electron chi connectivity index (χ2n) is 6.63. The molecule has 0 bridgehead atoms. The first-order valence-electron chi connectivity index (χ1n) is 8.70. The third-order valence-electron chi connectivity index (χ3n) is 4.48. The molecule has 1 unspecified atom stereocenters. The summed E-state index contributed by atoms with van der Waals surface area (Å²) in [7, 11) is 0. The minimum absolute atomic E-state index is 0.167. The van der Waals surface area contributed by atoms with Gasteiger partial charge in [-0.3, -0.25) is 9.48 Å². The number of aryl methyl sites for hydroxylation is 1. The van der Waals surface area contributed by atoms with Gasteiger partial charge in [0.25, 0.3) is 0 Å². The highest BCUT2D eigenvalue weighted by Gasteiger charge is 2.31. The molecule has 0 spiro atoms. The van der Waals surface area contributed by atoms with E-state index in [0.717, 1.165) is 10.2 Å². The highest BCUT2D eigenvalue weighted by atomic mass is 19.4. The van der Waals surface area contributed by atoms with E-state index in [1.807, 2.05) is 0 Å². The molecule has 2 aromatic rings. The molecule has 0 aliphatic heterocycles. The van der Waals surface area contributed by atoms with Gasteiger partial charge >= 0.3 is 12.1 Å². The first-order valence-corrected chi connectivity index (χ1v) is 8.70. The van der Waals surface area contributed by atoms with Crippen LogP contribution < -0.4 is 5.32 Å². The Labute approximate surface area is 160 Å². The minimum atomic E-state index is -4.39. The summed E-state index contributed by atoms with van der Waals surface area (Å²) in [5, 5.41) is 15.7. The van der Waals surface area contributed by atoms with Crippen LogP contribution in [0.2, 0.25) is 0 Å². The zero-order valence-electron chi connectivity index (χ0n) is 15.8. The van der Waals surface area contributed by atoms with Gasteiger partial charge in [-0.25, -0.2) is 4.79 Å². The van der Waals surface area contributed by atoms with Gasteiger partial charge in [0, 0.05) is 17.8 Å². The van der Waals surface area contributed by atoms with Crippen LogP contribution in [0, 0.1) is 13.8 Å². The molecule has 0 aliphatic rings. The zero-order chi connectivity index (χ0) is 21.1. The average molecular weight is 397 g/mol. The van der Waals surface area contributed by atoms with E-state index in [-0.39, 0.29) is 18.0 Å². The fraction of sp³-hybridized carbons (Fsp3) is 0.421. The molecule has 1 aromatic carbocycles. The molecular formula is C19H22F3N3O3. The Morgan fingerprint density at radius 3 is 2.57 bits per heavy atom. The number of halogens is 3. The van der Waals surface area contributed by atoms with E-state index in [9.17, 15) is 22.8 Å². The molecule has 9 heteroatoms. The summed E-state index contributed by atoms with van der Waals surface area (Å²) in [6.45, 7) is 3.79. The third kappa shape index (κ3) is 5.34. The number of amides is 1. The monoisotopic (exact) mass is 397 g/mol. The molecule has 1 atom stereocenters. The standard InChI is InChI=1S/C19H22F3N3O3/c1-11(16-12(2)24-25(13(16)3)10-19(20,21)22)17(26)23-8-7-14-5-4-6-15(9-14)18(27)28/h4-6,9,11H,7-8,10H2,1-3H3,(H,23,26)(H,27,28). The SMILES string of the molecule is Cc1nn(CC(F)(F)F)c(C)c1C(C)C(=O)NCCc1cccc(C(=O)O)c1. The quantitative estimate of drug-likeness (QED) is 0.751. The summed E-state index contributed by atoms with van der Waals surface area (Å²) in [6.07, 6.45) is -3.96. The fourth-order valence-corrected chi connectivity index (χ4v) is 3.14. The van der Waals surface area contributed by atoms with Gasteiger partial charge in [0.05, 0.1) is 17.2 Å². The number of carbonyl (C=O) groups excluding carboxylic acids is 1. The lowest BCUT2D eigenvalue weighted by Gasteiger charge is -2.14. The summed E-state index contributed by atoms with van der Waals surface area (Å²) in [5.74, 6) is -2.01. The highest BCUT2D eigenvalue weighted by Crippen LogP contribution is 2.26. The molecule has 0 saturated carbocycles. The number of hydrogen-bond acceptors (Lipinski definition) is 3. The van der Waals surface area contributed by atoms with Gasteiger partial charge in [0.2, 0.25) is 5.91 Å². The van der Waals surface area contributed by atoms with Crippen LogP contribution in [0.5, 0.6) is 0 Å². The first kappa shape index (κ1) is 21.5. The zero-order valence-corrected chi connectivity index (χ0v) is 15.8. The van der Waals surface area contributed by atoms with Crippen molar-refractivity contribution in [2.45, 2.75) is 45.8 Å². The molecule has 1 aromatic heterocycles. The molecule has 2 N–H and O–H groups in total. The molecule has 0 fully saturated rings. The maximum absolute atomic E-state index is 12.7. The van der Waals surface area contributed by atoms with Gasteiger partial charge < -0.3 is 10.4 Å². The number of nitrogens with one attached hydrogen (secondary N) is 1. The number of aromatic nitrogens is 2. The third-order valence-corrected chi connectivity index (χ3v) is 4.48. The predicted octanol–water partition coefficient (Wildman–Crippen LogP) is 3.22. The topological polar surface area (TPSA) is 84.2 Å². The predicted molar refractivity (Wildman–Crippen MR) is 96.3 cm³/mol. The van der Waals surface area contributed by atoms with Gasteiger partial charge in [0.1, 0.15) is 6.54 Å². The molecule has 0 aliphatic carbocycles. The normalized spacial score (nSPS) is 12.6. The fourth-order valence-electron chi connectivity index (χ4n) is 3.14. The summed E-state index contributed by atoms with van der Waals surface area (Å²) >= 11 is 0. The molecule has 28 heavy (non-hydrogen) atoms. The van der Waals surface area contributed by atoms with Crippen molar-refractivity contribution in [1.29, 1.82) is 0 Å². The number of carbonyl (C=O) groups is 2. The molecule has 0 saturated heterocycles. The Bertz CT molecular complexity index is 875. The number of hydrogen-bond donors (Lipinski definition) is 2. The van der Waals surface area contributed by atoms with Crippen molar-refractivity contribution in [1.82, 2.24) is 15.1 Å². The van der Waals surface area contributed by atoms with Crippen LogP contribution in [0.4, 0.5) is 13.2 Å². The molecule has 6 nitrogen and oxygen atoms in total. The van der Waals surface area contributed by atoms with Crippen molar-refractivity contribution < 1.29 is 27.9 Å². The lowest BCUT2D eigenvalue weighted by molar-refractivity contribution is -0.143. The second kappa shape index (κ2) is 8.45. The van der Waals surface area contributed by atoms with Gasteiger partial charge in [-0.15, -0.1) is 0 Å². The summed E-state index contributed by atoms with van der Waals surface area (Å²) in [4.78, 5) is 23.4. The van der Waals surface area contributed by atoms with Crippen LogP contribution in [-0.2, 0) is 17.8 Å². The van der Waals surface area contributed by atoms with E-state index in [1.165, 1.54) is 19.1 Å². The summed E-state index contributed by atoms with van der Waals surface area (Å²) in [6, 6.07) is 6.41. The van der Waals surface area contributed by atoms with Gasteiger partial charge in [-0.1, -0.05) is 12.1 Å². The van der Waals surface area contributed by atoms with E-state index in [1.54, 1.807) is 26.0 Å². The van der Waals surface area contributed by atoms with Gasteiger partial charge in [0.15, 0.2) is 0 Å². The van der Waals surface area contributed by atoms with Crippen LogP contribution in [0.1, 0.15) is 45.7 Å². The number of carboxylic acid groups (broad SMARTS) is 1. The number of rotatable bonds is 7. The van der Waals surface area contributed by atoms with Crippen LogP contribution in [0.3, 0.4) is 0 Å². The molecule has 1 heterocycles. The Morgan fingerprint density at radius 1 is 1.29 bits per heavy atom. The van der Waals surface area contributed by atoms with E-state index >= 15 is 0 Å². The lowest BCUT2D eigenvalue weighted by Crippen LogP contribution is -2.30. The lowest BCUT2D eigenvalue weighted by atomic mass is 9.98. The van der Waals surface area contributed by atoms with Crippen molar-refractivity contribution in [2.75, 3.05) is 6.54 Å². The van der Waals surface area contributed by atoms with Crippen LogP contribution in [0.15, 0.2) is 24.3 Å². The van der Waals surface area contributed by atoms with Crippen LogP contribution >= 0.6 is 0 Å². The van der Waals surface area contributed by atoms with E-state index < -0.39 is 24.6 Å². The molecule has 152 valence electrons. The van der Waals surface area contributed by atoms with Crippen LogP contribution in [-0.4, -0.2) is 39.5 Å². The number of aromatic carboxylic acids is 1. The Balaban J connectivity index is 2.01. The summed E-state index contributed by atoms with van der Waals surface area (Å²) in [5.41, 5.74) is 2.11. The number of benzene rings is 1. The highest BCUT2D eigenvalue weighted by molar-refractivity contribution is 5.87. The van der Waals surface area contributed by atoms with E-state index in [4.69, 9.17) is 5.11 Å². The Hall–Kier alpha value is -2.84. The first-order chi connectivity index (χ1) is 13.0. The van der Waals surface area contributed by atoms with Crippen molar-refractivity contribution in [3.8, 4) is 0 Å². The van der Waals surface area contributed by atoms with Crippen molar-refractivity contribution in [3.05, 3.63) is 52.3 Å². The molecular weight excluding hydrogens is 375 g/mol. The maximum Gasteiger partial charge on any atom is 0.408 e. The van der Waals surface area contributed by atoms with Gasteiger partial charge in [-0.2, -0.15) is 18.3 Å². The number of nitrogens with zero attached hydrogens (tertiary/aromatic N) is 2. The van der Waals surface area contributed by atoms with Gasteiger partial charge in [-0.05, 0) is 44.9 Å². The number of alkyl halides is 3. The van der Waals surface area contributed by atoms with Crippen LogP contribution in [0.25, 0.3) is 0 Å². The Kier molecular flexibility index (Phi) is 6.48.